The number of ether oxygens (including phenoxy) is 4. The summed E-state index contributed by atoms with van der Waals surface area (Å²) in [6, 6.07) is 12.9. The highest BCUT2D eigenvalue weighted by Crippen LogP contribution is 2.37. The average Bonchev–Trinajstić information content (AvgIpc) is 2.88. The first-order chi connectivity index (χ1) is 17.2. The Morgan fingerprint density at radius 1 is 0.889 bits per heavy atom. The van der Waals surface area contributed by atoms with Gasteiger partial charge in [-0.05, 0) is 48.5 Å². The zero-order valence-electron chi connectivity index (χ0n) is 19.8. The number of nitrogens with one attached hydrogen (secondary N) is 2. The number of hydrogen-bond acceptors (Lipinski definition) is 10. The largest absolute Gasteiger partial charge is 0.497 e. The molecule has 0 radical (unpaired) electrons. The zero-order chi connectivity index (χ0) is 26.3. The van der Waals surface area contributed by atoms with E-state index < -0.39 is 20.6 Å². The summed E-state index contributed by atoms with van der Waals surface area (Å²) in [5, 5.41) is 15.7. The van der Waals surface area contributed by atoms with Crippen LogP contribution in [0.1, 0.15) is 5.56 Å². The Balaban J connectivity index is 1.84. The van der Waals surface area contributed by atoms with Crippen molar-refractivity contribution in [1.82, 2.24) is 0 Å². The third-order valence-corrected chi connectivity index (χ3v) is 6.28. The fourth-order valence-electron chi connectivity index (χ4n) is 3.15. The third kappa shape index (κ3) is 5.93. The van der Waals surface area contributed by atoms with Crippen molar-refractivity contribution in [2.75, 3.05) is 38.6 Å². The van der Waals surface area contributed by atoms with Gasteiger partial charge in [0.15, 0.2) is 11.5 Å². The number of nitro benzene ring substituents is 1. The molecule has 0 aliphatic heterocycles. The molecule has 0 saturated heterocycles. The molecule has 3 aromatic carbocycles. The maximum Gasteiger partial charge on any atom is 0.295 e. The molecule has 0 spiro atoms. The molecule has 0 aromatic heterocycles. The van der Waals surface area contributed by atoms with Crippen LogP contribution < -0.4 is 29.1 Å². The van der Waals surface area contributed by atoms with E-state index in [4.69, 9.17) is 18.9 Å². The molecule has 2 N–H and O–H groups in total. The highest BCUT2D eigenvalue weighted by atomic mass is 32.2. The van der Waals surface area contributed by atoms with Crippen LogP contribution in [0.2, 0.25) is 0 Å². The van der Waals surface area contributed by atoms with Crippen LogP contribution >= 0.6 is 0 Å². The lowest BCUT2D eigenvalue weighted by Crippen LogP contribution is -2.13. The van der Waals surface area contributed by atoms with Crippen molar-refractivity contribution in [1.29, 1.82) is 0 Å². The summed E-state index contributed by atoms with van der Waals surface area (Å²) in [4.78, 5) is 10.6. The smallest absolute Gasteiger partial charge is 0.295 e. The molecule has 0 saturated carbocycles. The van der Waals surface area contributed by atoms with E-state index in [1.54, 1.807) is 24.3 Å². The summed E-state index contributed by atoms with van der Waals surface area (Å²) in [7, 11) is 1.82. The number of hydrogen-bond donors (Lipinski definition) is 2. The van der Waals surface area contributed by atoms with E-state index in [0.717, 1.165) is 6.07 Å². The fraction of sp³-hybridized carbons (Fsp3) is 0.174. The summed E-state index contributed by atoms with van der Waals surface area (Å²) in [6.45, 7) is 0. The van der Waals surface area contributed by atoms with Gasteiger partial charge in [-0.2, -0.15) is 5.10 Å². The van der Waals surface area contributed by atoms with Crippen LogP contribution in [0, 0.1) is 10.1 Å². The molecule has 0 aliphatic rings. The van der Waals surface area contributed by atoms with E-state index in [1.807, 2.05) is 0 Å². The first-order valence-electron chi connectivity index (χ1n) is 10.3. The second-order valence-electron chi connectivity index (χ2n) is 7.10. The van der Waals surface area contributed by atoms with Gasteiger partial charge >= 0.3 is 0 Å². The van der Waals surface area contributed by atoms with Gasteiger partial charge in [0.25, 0.3) is 15.7 Å². The number of rotatable bonds is 11. The molecular weight excluding hydrogens is 492 g/mol. The highest BCUT2D eigenvalue weighted by molar-refractivity contribution is 7.92. The van der Waals surface area contributed by atoms with Crippen LogP contribution in [-0.2, 0) is 10.0 Å². The Bertz CT molecular complexity index is 1350. The molecule has 0 aliphatic carbocycles. The molecule has 190 valence electrons. The van der Waals surface area contributed by atoms with Gasteiger partial charge in [-0.3, -0.25) is 20.3 Å². The summed E-state index contributed by atoms with van der Waals surface area (Å²) >= 11 is 0. The molecule has 0 unspecified atom stereocenters. The van der Waals surface area contributed by atoms with E-state index in [2.05, 4.69) is 15.2 Å². The second-order valence-corrected chi connectivity index (χ2v) is 8.78. The average molecular weight is 517 g/mol. The maximum atomic E-state index is 12.8. The van der Waals surface area contributed by atoms with Gasteiger partial charge in [0.1, 0.15) is 11.4 Å². The maximum absolute atomic E-state index is 12.8. The normalized spacial score (nSPS) is 11.1. The van der Waals surface area contributed by atoms with Crippen LogP contribution in [0.4, 0.5) is 17.1 Å². The first-order valence-corrected chi connectivity index (χ1v) is 11.7. The summed E-state index contributed by atoms with van der Waals surface area (Å²) in [6.07, 6.45) is 1.39. The van der Waals surface area contributed by atoms with Crippen LogP contribution in [-0.4, -0.2) is 48.0 Å². The van der Waals surface area contributed by atoms with Gasteiger partial charge in [-0.1, -0.05) is 0 Å². The van der Waals surface area contributed by atoms with E-state index in [0.29, 0.717) is 28.6 Å². The first kappa shape index (κ1) is 26.1. The Morgan fingerprint density at radius 2 is 1.53 bits per heavy atom. The molecule has 12 nitrogen and oxygen atoms in total. The monoisotopic (exact) mass is 516 g/mol. The van der Waals surface area contributed by atoms with E-state index in [9.17, 15) is 18.5 Å². The topological polar surface area (TPSA) is 151 Å². The predicted molar refractivity (Wildman–Crippen MR) is 134 cm³/mol. The molecular formula is C23H24N4O8S. The fourth-order valence-corrected chi connectivity index (χ4v) is 4.23. The van der Waals surface area contributed by atoms with Crippen LogP contribution in [0.15, 0.2) is 64.6 Å². The Kier molecular flexibility index (Phi) is 8.17. The van der Waals surface area contributed by atoms with Crippen LogP contribution in [0.3, 0.4) is 0 Å². The van der Waals surface area contributed by atoms with Gasteiger partial charge in [-0.15, -0.1) is 0 Å². The Hall–Kier alpha value is -4.52. The molecule has 3 aromatic rings. The van der Waals surface area contributed by atoms with Crippen LogP contribution in [0.25, 0.3) is 0 Å². The number of nitro groups is 1. The summed E-state index contributed by atoms with van der Waals surface area (Å²) in [5.41, 5.74) is 2.92. The summed E-state index contributed by atoms with van der Waals surface area (Å²) < 4.78 is 48.8. The van der Waals surface area contributed by atoms with Gasteiger partial charge < -0.3 is 18.9 Å². The highest BCUT2D eigenvalue weighted by Gasteiger charge is 2.22. The lowest BCUT2D eigenvalue weighted by atomic mass is 10.2. The van der Waals surface area contributed by atoms with Gasteiger partial charge in [-0.25, -0.2) is 8.42 Å². The summed E-state index contributed by atoms with van der Waals surface area (Å²) in [5.74, 6) is 1.77. The van der Waals surface area contributed by atoms with Crippen molar-refractivity contribution < 1.29 is 32.3 Å². The quantitative estimate of drug-likeness (QED) is 0.220. The molecule has 13 heteroatoms. The molecule has 3 rings (SSSR count). The number of anilines is 2. The number of methoxy groups -OCH3 is 4. The molecule has 0 bridgehead atoms. The Labute approximate surface area is 207 Å². The number of sulfonamides is 1. The minimum absolute atomic E-state index is 0.00732. The molecule has 0 fully saturated rings. The van der Waals surface area contributed by atoms with Gasteiger partial charge in [0.05, 0.1) is 44.5 Å². The molecule has 36 heavy (non-hydrogen) atoms. The number of benzene rings is 3. The lowest BCUT2D eigenvalue weighted by Gasteiger charge is -2.12. The van der Waals surface area contributed by atoms with E-state index >= 15 is 0 Å². The van der Waals surface area contributed by atoms with Crippen LogP contribution in [0.5, 0.6) is 23.0 Å². The van der Waals surface area contributed by atoms with Crippen molar-refractivity contribution in [2.24, 2.45) is 5.10 Å². The second kappa shape index (κ2) is 11.3. The lowest BCUT2D eigenvalue weighted by molar-refractivity contribution is -0.384. The molecule has 0 amide bonds. The van der Waals surface area contributed by atoms with Gasteiger partial charge in [0, 0.05) is 17.3 Å². The standard InChI is InChI=1S/C23H24N4O8S/c1-32-17-7-5-16(6-8-17)26-36(30,31)18-9-10-19(20(13-18)27(28)29)25-24-14-15-11-21(33-2)23(35-4)22(12-15)34-3/h5-14,25-26H,1-4H3/b24-14+. The van der Waals surface area contributed by atoms with Crippen molar-refractivity contribution in [3.63, 3.8) is 0 Å². The van der Waals surface area contributed by atoms with Crippen molar-refractivity contribution in [2.45, 2.75) is 4.90 Å². The van der Waals surface area contributed by atoms with Crippen molar-refractivity contribution >= 4 is 33.3 Å². The van der Waals surface area contributed by atoms with E-state index in [-0.39, 0.29) is 16.3 Å². The van der Waals surface area contributed by atoms with Gasteiger partial charge in [0.2, 0.25) is 5.75 Å². The minimum Gasteiger partial charge on any atom is -0.497 e. The van der Waals surface area contributed by atoms with Crippen molar-refractivity contribution in [3.8, 4) is 23.0 Å². The zero-order valence-corrected chi connectivity index (χ0v) is 20.7. The molecule has 0 heterocycles. The SMILES string of the molecule is COc1ccc(NS(=O)(=O)c2ccc(N/N=C/c3cc(OC)c(OC)c(OC)c3)c([N+](=O)[O-])c2)cc1. The number of hydrazone groups is 1. The third-order valence-electron chi connectivity index (χ3n) is 4.90. The van der Waals surface area contributed by atoms with E-state index in [1.165, 1.54) is 58.9 Å². The molecule has 0 atom stereocenters. The Morgan fingerprint density at radius 3 is 2.06 bits per heavy atom. The predicted octanol–water partition coefficient (Wildman–Crippen LogP) is 3.88. The van der Waals surface area contributed by atoms with Crippen molar-refractivity contribution in [3.05, 3.63) is 70.3 Å². The minimum atomic E-state index is -4.09. The number of nitrogens with zero attached hydrogens (tertiary/aromatic N) is 2.